The average Bonchev–Trinajstić information content (AvgIpc) is 3.09. The van der Waals surface area contributed by atoms with Gasteiger partial charge in [-0.2, -0.15) is 0 Å². The number of pyridine rings is 1. The summed E-state index contributed by atoms with van der Waals surface area (Å²) in [7, 11) is 0. The number of rotatable bonds is 2. The third-order valence-electron chi connectivity index (χ3n) is 3.80. The Morgan fingerprint density at radius 3 is 2.96 bits per heavy atom. The number of nitrogens with zero attached hydrogens (tertiary/aromatic N) is 2. The van der Waals surface area contributed by atoms with E-state index in [1.165, 1.54) is 5.06 Å². The summed E-state index contributed by atoms with van der Waals surface area (Å²) in [5, 5.41) is 1.32. The van der Waals surface area contributed by atoms with Gasteiger partial charge < -0.3 is 14.2 Å². The van der Waals surface area contributed by atoms with Crippen LogP contribution in [0.5, 0.6) is 11.5 Å². The van der Waals surface area contributed by atoms with E-state index in [1.54, 1.807) is 36.7 Å². The van der Waals surface area contributed by atoms with E-state index in [9.17, 15) is 4.79 Å². The number of hydrogen-bond donors (Lipinski definition) is 0. The number of carbonyl (C=O) groups excluding carboxylic acids is 1. The lowest BCUT2D eigenvalue weighted by molar-refractivity contribution is -0.320. The average molecular weight is 328 g/mol. The molecule has 7 nitrogen and oxygen atoms in total. The lowest BCUT2D eigenvalue weighted by Crippen LogP contribution is -2.44. The Kier molecular flexibility index (Phi) is 3.79. The molecule has 2 aliphatic heterocycles. The Morgan fingerprint density at radius 1 is 1.25 bits per heavy atom. The van der Waals surface area contributed by atoms with Gasteiger partial charge >= 0.3 is 0 Å². The Bertz CT molecular complexity index is 752. The molecule has 0 saturated carbocycles. The summed E-state index contributed by atoms with van der Waals surface area (Å²) in [5.41, 5.74) is 1.23. The topological polar surface area (TPSA) is 70.1 Å². The summed E-state index contributed by atoms with van der Waals surface area (Å²) in [6, 6.07) is 8.72. The fourth-order valence-electron chi connectivity index (χ4n) is 2.63. The molecule has 2 atom stereocenters. The minimum absolute atomic E-state index is 0.165. The number of ether oxygens (including phenoxy) is 3. The number of benzene rings is 1. The molecule has 0 spiro atoms. The van der Waals surface area contributed by atoms with Crippen LogP contribution < -0.4 is 9.47 Å². The largest absolute Gasteiger partial charge is 0.454 e. The second kappa shape index (κ2) is 6.10. The predicted molar refractivity (Wildman–Crippen MR) is 82.2 cm³/mol. The second-order valence-corrected chi connectivity index (χ2v) is 5.60. The normalized spacial score (nSPS) is 22.5. The summed E-state index contributed by atoms with van der Waals surface area (Å²) in [4.78, 5) is 22.5. The Balaban J connectivity index is 1.55. The van der Waals surface area contributed by atoms with E-state index in [0.717, 1.165) is 5.56 Å². The first-order valence-corrected chi connectivity index (χ1v) is 7.64. The third kappa shape index (κ3) is 2.79. The number of carbonyl (C=O) groups is 1. The monoisotopic (exact) mass is 328 g/mol. The molecule has 1 amide bonds. The van der Waals surface area contributed by atoms with Crippen LogP contribution in [-0.2, 0) is 9.57 Å². The molecule has 24 heavy (non-hydrogen) atoms. The summed E-state index contributed by atoms with van der Waals surface area (Å²) in [6.07, 6.45) is 2.50. The van der Waals surface area contributed by atoms with E-state index in [-0.39, 0.29) is 18.8 Å². The van der Waals surface area contributed by atoms with Gasteiger partial charge in [-0.3, -0.25) is 9.78 Å². The van der Waals surface area contributed by atoms with E-state index >= 15 is 0 Å². The van der Waals surface area contributed by atoms with Gasteiger partial charge in [-0.15, -0.1) is 0 Å². The molecule has 2 aliphatic rings. The van der Waals surface area contributed by atoms with E-state index < -0.39 is 6.29 Å². The summed E-state index contributed by atoms with van der Waals surface area (Å²) in [5.74, 6) is 0.944. The summed E-state index contributed by atoms with van der Waals surface area (Å²) >= 11 is 0. The van der Waals surface area contributed by atoms with Crippen molar-refractivity contribution >= 4 is 5.91 Å². The highest BCUT2D eigenvalue weighted by molar-refractivity contribution is 5.94. The number of aromatic nitrogens is 1. The molecule has 0 N–H and O–H groups in total. The number of hydroxylamine groups is 2. The Labute approximate surface area is 138 Å². The molecule has 3 heterocycles. The molecule has 124 valence electrons. The van der Waals surface area contributed by atoms with Crippen LogP contribution in [0.3, 0.4) is 0 Å². The van der Waals surface area contributed by atoms with Crippen molar-refractivity contribution < 1.29 is 23.8 Å². The standard InChI is InChI=1S/C17H16N2O5/c1-11-9-19(24-17(23-11)13-3-2-6-18-8-13)16(20)12-4-5-14-15(7-12)22-10-21-14/h2-8,11,17H,9-10H2,1H3/t11-,17-/m1/s1. The van der Waals surface area contributed by atoms with Crippen LogP contribution in [0, 0.1) is 0 Å². The summed E-state index contributed by atoms with van der Waals surface area (Å²) in [6.45, 7) is 2.40. The molecule has 0 unspecified atom stereocenters. The van der Waals surface area contributed by atoms with Crippen molar-refractivity contribution in [2.75, 3.05) is 13.3 Å². The van der Waals surface area contributed by atoms with Crippen molar-refractivity contribution in [3.05, 3.63) is 53.9 Å². The fourth-order valence-corrected chi connectivity index (χ4v) is 2.63. The van der Waals surface area contributed by atoms with Gasteiger partial charge in [0.05, 0.1) is 12.6 Å². The lowest BCUT2D eigenvalue weighted by atomic mass is 10.2. The van der Waals surface area contributed by atoms with Gasteiger partial charge in [0.25, 0.3) is 5.91 Å². The molecule has 2 aromatic rings. The molecule has 0 bridgehead atoms. The second-order valence-electron chi connectivity index (χ2n) is 5.60. The highest BCUT2D eigenvalue weighted by atomic mass is 16.8. The molecule has 1 fully saturated rings. The fraction of sp³-hybridized carbons (Fsp3) is 0.294. The van der Waals surface area contributed by atoms with Crippen LogP contribution >= 0.6 is 0 Å². The Hall–Kier alpha value is -2.64. The maximum atomic E-state index is 12.8. The number of amides is 1. The lowest BCUT2D eigenvalue weighted by Gasteiger charge is -2.35. The van der Waals surface area contributed by atoms with Crippen molar-refractivity contribution in [2.24, 2.45) is 0 Å². The van der Waals surface area contributed by atoms with Gasteiger partial charge in [0.2, 0.25) is 13.1 Å². The predicted octanol–water partition coefficient (Wildman–Crippen LogP) is 2.30. The maximum absolute atomic E-state index is 12.8. The van der Waals surface area contributed by atoms with E-state index in [2.05, 4.69) is 4.98 Å². The van der Waals surface area contributed by atoms with E-state index in [4.69, 9.17) is 19.0 Å². The van der Waals surface area contributed by atoms with Crippen molar-refractivity contribution in [1.82, 2.24) is 10.0 Å². The zero-order chi connectivity index (χ0) is 16.5. The van der Waals surface area contributed by atoms with Crippen molar-refractivity contribution in [2.45, 2.75) is 19.3 Å². The van der Waals surface area contributed by atoms with E-state index in [0.29, 0.717) is 23.6 Å². The molecule has 1 aromatic carbocycles. The van der Waals surface area contributed by atoms with Crippen LogP contribution in [-0.4, -0.2) is 35.4 Å². The molecule has 1 saturated heterocycles. The van der Waals surface area contributed by atoms with Gasteiger partial charge in [-0.25, -0.2) is 9.90 Å². The third-order valence-corrected chi connectivity index (χ3v) is 3.80. The van der Waals surface area contributed by atoms with Gasteiger partial charge in [0, 0.05) is 23.5 Å². The van der Waals surface area contributed by atoms with Crippen LogP contribution in [0.25, 0.3) is 0 Å². The molecule has 0 radical (unpaired) electrons. The smallest absolute Gasteiger partial charge is 0.277 e. The molecular formula is C17H16N2O5. The van der Waals surface area contributed by atoms with Crippen LogP contribution in [0.15, 0.2) is 42.7 Å². The molecule has 0 aliphatic carbocycles. The van der Waals surface area contributed by atoms with Crippen molar-refractivity contribution in [3.8, 4) is 11.5 Å². The van der Waals surface area contributed by atoms with Gasteiger partial charge in [0.15, 0.2) is 11.5 Å². The quantitative estimate of drug-likeness (QED) is 0.842. The van der Waals surface area contributed by atoms with Gasteiger partial charge in [-0.05, 0) is 31.2 Å². The first-order valence-electron chi connectivity index (χ1n) is 7.64. The highest BCUT2D eigenvalue weighted by Gasteiger charge is 2.32. The summed E-state index contributed by atoms with van der Waals surface area (Å²) < 4.78 is 16.3. The molecule has 1 aromatic heterocycles. The zero-order valence-corrected chi connectivity index (χ0v) is 13.0. The molecule has 7 heteroatoms. The SMILES string of the molecule is C[C@@H]1CN(C(=O)c2ccc3c(c2)OCO3)O[C@H](c2cccnc2)O1. The van der Waals surface area contributed by atoms with Gasteiger partial charge in [0.1, 0.15) is 0 Å². The minimum Gasteiger partial charge on any atom is -0.454 e. The first-order chi connectivity index (χ1) is 11.7. The maximum Gasteiger partial charge on any atom is 0.277 e. The van der Waals surface area contributed by atoms with Crippen LogP contribution in [0.4, 0.5) is 0 Å². The van der Waals surface area contributed by atoms with Gasteiger partial charge in [-0.1, -0.05) is 6.07 Å². The van der Waals surface area contributed by atoms with E-state index in [1.807, 2.05) is 13.0 Å². The van der Waals surface area contributed by atoms with Crippen molar-refractivity contribution in [1.29, 1.82) is 0 Å². The number of fused-ring (bicyclic) bond motifs is 1. The van der Waals surface area contributed by atoms with Crippen LogP contribution in [0.1, 0.15) is 29.1 Å². The molecule has 4 rings (SSSR count). The molecular weight excluding hydrogens is 312 g/mol. The highest BCUT2D eigenvalue weighted by Crippen LogP contribution is 2.33. The van der Waals surface area contributed by atoms with Crippen LogP contribution in [0.2, 0.25) is 0 Å². The zero-order valence-electron chi connectivity index (χ0n) is 13.0. The first kappa shape index (κ1) is 14.9. The minimum atomic E-state index is -0.666. The number of hydrogen-bond acceptors (Lipinski definition) is 6. The van der Waals surface area contributed by atoms with Crippen molar-refractivity contribution in [3.63, 3.8) is 0 Å². The Morgan fingerprint density at radius 2 is 2.12 bits per heavy atom.